The van der Waals surface area contributed by atoms with Crippen LogP contribution in [0, 0.1) is 0 Å². The molecule has 0 aromatic heterocycles. The number of hydrogen-bond donors (Lipinski definition) is 1. The zero-order valence-electron chi connectivity index (χ0n) is 15.9. The van der Waals surface area contributed by atoms with Crippen LogP contribution in [0.4, 0.5) is 0 Å². The molecule has 0 saturated carbocycles. The van der Waals surface area contributed by atoms with Crippen molar-refractivity contribution in [2.24, 2.45) is 0 Å². The minimum atomic E-state index is 0.519. The lowest BCUT2D eigenvalue weighted by Gasteiger charge is -2.12. The van der Waals surface area contributed by atoms with Crippen molar-refractivity contribution in [2.45, 2.75) is 19.7 Å². The molecule has 4 heteroatoms. The maximum Gasteiger partial charge on any atom is 0.162 e. The van der Waals surface area contributed by atoms with Gasteiger partial charge in [-0.15, -0.1) is 0 Å². The van der Waals surface area contributed by atoms with Crippen LogP contribution in [-0.4, -0.2) is 14.2 Å². The molecule has 0 atom stereocenters. The van der Waals surface area contributed by atoms with E-state index in [2.05, 4.69) is 35.6 Å². The van der Waals surface area contributed by atoms with Gasteiger partial charge < -0.3 is 19.5 Å². The molecule has 3 rings (SSSR count). The summed E-state index contributed by atoms with van der Waals surface area (Å²) in [6.45, 7) is 2.23. The van der Waals surface area contributed by atoms with E-state index in [1.54, 1.807) is 14.2 Å². The molecule has 0 spiro atoms. The summed E-state index contributed by atoms with van der Waals surface area (Å²) in [5.74, 6) is 2.44. The van der Waals surface area contributed by atoms with Crippen LogP contribution in [0.15, 0.2) is 72.8 Å². The van der Waals surface area contributed by atoms with Gasteiger partial charge in [-0.1, -0.05) is 42.5 Å². The predicted molar refractivity (Wildman–Crippen MR) is 106 cm³/mol. The van der Waals surface area contributed by atoms with Crippen LogP contribution in [0.3, 0.4) is 0 Å². The van der Waals surface area contributed by atoms with Gasteiger partial charge in [0.2, 0.25) is 0 Å². The van der Waals surface area contributed by atoms with Crippen molar-refractivity contribution in [2.75, 3.05) is 14.2 Å². The molecule has 0 fully saturated rings. The first-order valence-corrected chi connectivity index (χ1v) is 9.07. The Labute approximate surface area is 160 Å². The Morgan fingerprint density at radius 3 is 2.19 bits per heavy atom. The fraction of sp³-hybridized carbons (Fsp3) is 0.217. The number of quaternary nitrogens is 1. The van der Waals surface area contributed by atoms with Crippen molar-refractivity contribution in [3.63, 3.8) is 0 Å². The Morgan fingerprint density at radius 2 is 1.41 bits per heavy atom. The quantitative estimate of drug-likeness (QED) is 0.632. The summed E-state index contributed by atoms with van der Waals surface area (Å²) in [6.07, 6.45) is 0. The van der Waals surface area contributed by atoms with Crippen molar-refractivity contribution >= 4 is 0 Å². The van der Waals surface area contributed by atoms with Crippen LogP contribution < -0.4 is 19.5 Å². The molecule has 27 heavy (non-hydrogen) atoms. The molecule has 0 bridgehead atoms. The Kier molecular flexibility index (Phi) is 6.72. The monoisotopic (exact) mass is 364 g/mol. The first-order valence-electron chi connectivity index (χ1n) is 9.07. The molecule has 0 radical (unpaired) electrons. The predicted octanol–water partition coefficient (Wildman–Crippen LogP) is 3.55. The van der Waals surface area contributed by atoms with E-state index in [4.69, 9.17) is 14.2 Å². The summed E-state index contributed by atoms with van der Waals surface area (Å²) < 4.78 is 16.9. The Balaban J connectivity index is 1.62. The molecule has 0 saturated heterocycles. The highest BCUT2D eigenvalue weighted by atomic mass is 16.5. The van der Waals surface area contributed by atoms with Crippen molar-refractivity contribution in [3.8, 4) is 17.2 Å². The molecular formula is C23H26NO3+. The second-order valence-electron chi connectivity index (χ2n) is 6.27. The maximum absolute atomic E-state index is 6.00. The third-order valence-corrected chi connectivity index (χ3v) is 4.40. The Bertz CT molecular complexity index is 849. The van der Waals surface area contributed by atoms with E-state index in [-0.39, 0.29) is 0 Å². The van der Waals surface area contributed by atoms with Gasteiger partial charge in [0.05, 0.1) is 14.2 Å². The van der Waals surface area contributed by atoms with Gasteiger partial charge in [-0.3, -0.25) is 0 Å². The third-order valence-electron chi connectivity index (χ3n) is 4.40. The maximum atomic E-state index is 6.00. The SMILES string of the molecule is COc1ccccc1C[NH2+]Cc1ccc(OC)c(OCc2ccccc2)c1. The van der Waals surface area contributed by atoms with Gasteiger partial charge in [0.15, 0.2) is 11.5 Å². The van der Waals surface area contributed by atoms with Gasteiger partial charge in [0.25, 0.3) is 0 Å². The van der Waals surface area contributed by atoms with Crippen LogP contribution in [0.25, 0.3) is 0 Å². The van der Waals surface area contributed by atoms with E-state index in [0.717, 1.165) is 35.9 Å². The summed E-state index contributed by atoms with van der Waals surface area (Å²) >= 11 is 0. The molecular weight excluding hydrogens is 338 g/mol. The molecule has 0 heterocycles. The molecule has 140 valence electrons. The molecule has 2 N–H and O–H groups in total. The minimum Gasteiger partial charge on any atom is -0.496 e. The van der Waals surface area contributed by atoms with Gasteiger partial charge in [0.1, 0.15) is 25.4 Å². The number of ether oxygens (including phenoxy) is 3. The van der Waals surface area contributed by atoms with Crippen molar-refractivity contribution in [1.29, 1.82) is 0 Å². The van der Waals surface area contributed by atoms with Crippen LogP contribution >= 0.6 is 0 Å². The van der Waals surface area contributed by atoms with Crippen molar-refractivity contribution in [1.82, 2.24) is 0 Å². The number of benzene rings is 3. The van der Waals surface area contributed by atoms with Gasteiger partial charge >= 0.3 is 0 Å². The van der Waals surface area contributed by atoms with E-state index in [9.17, 15) is 0 Å². The van der Waals surface area contributed by atoms with E-state index >= 15 is 0 Å². The highest BCUT2D eigenvalue weighted by molar-refractivity contribution is 5.43. The second kappa shape index (κ2) is 9.64. The fourth-order valence-electron chi connectivity index (χ4n) is 2.96. The highest BCUT2D eigenvalue weighted by Crippen LogP contribution is 2.28. The van der Waals surface area contributed by atoms with E-state index in [0.29, 0.717) is 6.61 Å². The van der Waals surface area contributed by atoms with Gasteiger partial charge in [-0.25, -0.2) is 0 Å². The number of rotatable bonds is 9. The number of nitrogens with two attached hydrogens (primary N) is 1. The lowest BCUT2D eigenvalue weighted by molar-refractivity contribution is -0.686. The second-order valence-corrected chi connectivity index (χ2v) is 6.27. The normalized spacial score (nSPS) is 10.4. The smallest absolute Gasteiger partial charge is 0.162 e. The van der Waals surface area contributed by atoms with Crippen LogP contribution in [0.2, 0.25) is 0 Å². The fourth-order valence-corrected chi connectivity index (χ4v) is 2.96. The molecule has 0 aliphatic heterocycles. The summed E-state index contributed by atoms with van der Waals surface area (Å²) in [5, 5.41) is 2.25. The topological polar surface area (TPSA) is 44.3 Å². The van der Waals surface area contributed by atoms with Crippen LogP contribution in [-0.2, 0) is 19.7 Å². The zero-order valence-corrected chi connectivity index (χ0v) is 15.9. The lowest BCUT2D eigenvalue weighted by atomic mass is 10.1. The zero-order chi connectivity index (χ0) is 18.9. The molecule has 3 aromatic rings. The summed E-state index contributed by atoms with van der Waals surface area (Å²) in [6, 6.07) is 24.3. The molecule has 0 aliphatic rings. The van der Waals surface area contributed by atoms with Crippen LogP contribution in [0.5, 0.6) is 17.2 Å². The number of hydrogen-bond acceptors (Lipinski definition) is 3. The standard InChI is InChI=1S/C23H25NO3/c1-25-21-11-7-6-10-20(21)16-24-15-19-12-13-22(26-2)23(14-19)27-17-18-8-4-3-5-9-18/h3-14,24H,15-17H2,1-2H3/p+1. The van der Waals surface area contributed by atoms with E-state index in [1.807, 2.05) is 42.5 Å². The third kappa shape index (κ3) is 5.25. The first-order chi connectivity index (χ1) is 13.3. The largest absolute Gasteiger partial charge is 0.496 e. The minimum absolute atomic E-state index is 0.519. The molecule has 0 aliphatic carbocycles. The van der Waals surface area contributed by atoms with Crippen molar-refractivity contribution < 1.29 is 19.5 Å². The summed E-state index contributed by atoms with van der Waals surface area (Å²) in [4.78, 5) is 0. The molecule has 3 aromatic carbocycles. The summed E-state index contributed by atoms with van der Waals surface area (Å²) in [7, 11) is 3.37. The lowest BCUT2D eigenvalue weighted by Crippen LogP contribution is -2.80. The van der Waals surface area contributed by atoms with Crippen molar-refractivity contribution in [3.05, 3.63) is 89.5 Å². The Morgan fingerprint density at radius 1 is 0.667 bits per heavy atom. The van der Waals surface area contributed by atoms with E-state index < -0.39 is 0 Å². The van der Waals surface area contributed by atoms with Crippen LogP contribution in [0.1, 0.15) is 16.7 Å². The summed E-state index contributed by atoms with van der Waals surface area (Å²) in [5.41, 5.74) is 3.51. The van der Waals surface area contributed by atoms with Gasteiger partial charge in [0, 0.05) is 11.1 Å². The molecule has 0 unspecified atom stereocenters. The molecule has 4 nitrogen and oxygen atoms in total. The van der Waals surface area contributed by atoms with E-state index in [1.165, 1.54) is 11.1 Å². The number of methoxy groups -OCH3 is 2. The Hall–Kier alpha value is -2.98. The average molecular weight is 364 g/mol. The average Bonchev–Trinajstić information content (AvgIpc) is 2.73. The molecule has 0 amide bonds. The number of para-hydroxylation sites is 1. The highest BCUT2D eigenvalue weighted by Gasteiger charge is 2.09. The van der Waals surface area contributed by atoms with Gasteiger partial charge in [-0.2, -0.15) is 0 Å². The van der Waals surface area contributed by atoms with Gasteiger partial charge in [-0.05, 0) is 35.9 Å². The first kappa shape index (κ1) is 18.8.